The summed E-state index contributed by atoms with van der Waals surface area (Å²) in [5, 5.41) is 14.6. The molecule has 0 heterocycles. The zero-order valence-electron chi connectivity index (χ0n) is 12.0. The summed E-state index contributed by atoms with van der Waals surface area (Å²) in [6.07, 6.45) is 6.20. The number of aryl methyl sites for hydroxylation is 1. The highest BCUT2D eigenvalue weighted by molar-refractivity contribution is 6.33. The minimum absolute atomic E-state index is 0.0244. The molecule has 1 aromatic rings. The van der Waals surface area contributed by atoms with Crippen molar-refractivity contribution in [1.82, 2.24) is 0 Å². The summed E-state index contributed by atoms with van der Waals surface area (Å²) in [5.41, 5.74) is 1.76. The fourth-order valence-corrected chi connectivity index (χ4v) is 3.10. The van der Waals surface area contributed by atoms with E-state index in [0.717, 1.165) is 17.7 Å². The summed E-state index contributed by atoms with van der Waals surface area (Å²) in [6.45, 7) is 4.15. The van der Waals surface area contributed by atoms with E-state index in [-0.39, 0.29) is 10.7 Å². The van der Waals surface area contributed by atoms with Gasteiger partial charge in [0, 0.05) is 17.8 Å². The van der Waals surface area contributed by atoms with Crippen LogP contribution in [0.5, 0.6) is 0 Å². The Balaban J connectivity index is 2.20. The largest absolute Gasteiger partial charge is 0.382 e. The van der Waals surface area contributed by atoms with Crippen LogP contribution in [0.4, 0.5) is 11.4 Å². The second kappa shape index (κ2) is 6.44. The average Bonchev–Trinajstić information content (AvgIpc) is 2.58. The van der Waals surface area contributed by atoms with E-state index in [1.54, 1.807) is 12.1 Å². The van der Waals surface area contributed by atoms with Gasteiger partial charge in [0.15, 0.2) is 0 Å². The molecular formula is C15H21ClN2O2. The molecule has 2 unspecified atom stereocenters. The second-order valence-electron chi connectivity index (χ2n) is 5.74. The highest BCUT2D eigenvalue weighted by atomic mass is 35.5. The van der Waals surface area contributed by atoms with Crippen molar-refractivity contribution in [1.29, 1.82) is 0 Å². The lowest BCUT2D eigenvalue weighted by Crippen LogP contribution is -2.26. The maximum Gasteiger partial charge on any atom is 0.288 e. The molecule has 1 fully saturated rings. The van der Waals surface area contributed by atoms with Crippen LogP contribution in [0.25, 0.3) is 0 Å². The summed E-state index contributed by atoms with van der Waals surface area (Å²) in [5.74, 6) is 0.617. The SMILES string of the molecule is Cc1cc([N+](=O)[O-])c(Cl)cc1NC1CCCCCC1C. The van der Waals surface area contributed by atoms with Gasteiger partial charge in [-0.2, -0.15) is 0 Å². The van der Waals surface area contributed by atoms with Crippen molar-refractivity contribution in [3.63, 3.8) is 0 Å². The first-order chi connectivity index (χ1) is 9.49. The molecule has 0 aromatic heterocycles. The molecule has 0 bridgehead atoms. The van der Waals surface area contributed by atoms with E-state index in [1.807, 2.05) is 6.92 Å². The molecule has 2 rings (SSSR count). The normalized spacial score (nSPS) is 23.1. The topological polar surface area (TPSA) is 55.2 Å². The predicted molar refractivity (Wildman–Crippen MR) is 82.5 cm³/mol. The van der Waals surface area contributed by atoms with Gasteiger partial charge in [0.25, 0.3) is 5.69 Å². The lowest BCUT2D eigenvalue weighted by molar-refractivity contribution is -0.384. The van der Waals surface area contributed by atoms with E-state index in [0.29, 0.717) is 12.0 Å². The third-order valence-electron chi connectivity index (χ3n) is 4.19. The number of nitrogens with zero attached hydrogens (tertiary/aromatic N) is 1. The van der Waals surface area contributed by atoms with Gasteiger partial charge in [-0.15, -0.1) is 0 Å². The van der Waals surface area contributed by atoms with Gasteiger partial charge in [-0.3, -0.25) is 10.1 Å². The predicted octanol–water partition coefficient (Wildman–Crippen LogP) is 4.94. The Morgan fingerprint density at radius 1 is 1.30 bits per heavy atom. The highest BCUT2D eigenvalue weighted by Crippen LogP contribution is 2.33. The van der Waals surface area contributed by atoms with Gasteiger partial charge in [0.2, 0.25) is 0 Å². The van der Waals surface area contributed by atoms with Gasteiger partial charge in [-0.05, 0) is 37.3 Å². The van der Waals surface area contributed by atoms with Crippen LogP contribution < -0.4 is 5.32 Å². The fourth-order valence-electron chi connectivity index (χ4n) is 2.87. The number of nitro benzene ring substituents is 1. The maximum absolute atomic E-state index is 10.9. The number of hydrogen-bond donors (Lipinski definition) is 1. The molecule has 0 aliphatic heterocycles. The zero-order valence-corrected chi connectivity index (χ0v) is 12.7. The lowest BCUT2D eigenvalue weighted by atomic mass is 9.96. The van der Waals surface area contributed by atoms with Gasteiger partial charge in [-0.25, -0.2) is 0 Å². The molecule has 1 aliphatic carbocycles. The average molecular weight is 297 g/mol. The smallest absolute Gasteiger partial charge is 0.288 e. The first kappa shape index (κ1) is 15.1. The molecule has 1 saturated carbocycles. The quantitative estimate of drug-likeness (QED) is 0.488. The fraction of sp³-hybridized carbons (Fsp3) is 0.600. The van der Waals surface area contributed by atoms with Crippen LogP contribution in [0.2, 0.25) is 5.02 Å². The zero-order chi connectivity index (χ0) is 14.7. The molecule has 2 atom stereocenters. The molecule has 110 valence electrons. The molecule has 1 N–H and O–H groups in total. The molecule has 0 saturated heterocycles. The standard InChI is InChI=1S/C15H21ClN2O2/c1-10-6-4-3-5-7-13(10)17-14-9-12(16)15(18(19)20)8-11(14)2/h8-10,13,17H,3-7H2,1-2H3. The molecule has 0 spiro atoms. The minimum atomic E-state index is -0.437. The van der Waals surface area contributed by atoms with Crippen LogP contribution in [-0.2, 0) is 0 Å². The number of hydrogen-bond acceptors (Lipinski definition) is 3. The van der Waals surface area contributed by atoms with Gasteiger partial charge in [-0.1, -0.05) is 37.8 Å². The molecule has 1 aliphatic rings. The summed E-state index contributed by atoms with van der Waals surface area (Å²) >= 11 is 6.00. The molecular weight excluding hydrogens is 276 g/mol. The minimum Gasteiger partial charge on any atom is -0.382 e. The first-order valence-electron chi connectivity index (χ1n) is 7.20. The molecule has 5 heteroatoms. The van der Waals surface area contributed by atoms with Crippen molar-refractivity contribution in [2.45, 2.75) is 52.0 Å². The Hall–Kier alpha value is -1.29. The molecule has 0 radical (unpaired) electrons. The van der Waals surface area contributed by atoms with Gasteiger partial charge >= 0.3 is 0 Å². The van der Waals surface area contributed by atoms with Crippen LogP contribution in [0.15, 0.2) is 12.1 Å². The first-order valence-corrected chi connectivity index (χ1v) is 7.58. The third kappa shape index (κ3) is 3.42. The van der Waals surface area contributed by atoms with Gasteiger partial charge in [0.1, 0.15) is 5.02 Å². The Kier molecular flexibility index (Phi) is 4.86. The Morgan fingerprint density at radius 3 is 2.70 bits per heavy atom. The Morgan fingerprint density at radius 2 is 2.00 bits per heavy atom. The van der Waals surface area contributed by atoms with Crippen molar-refractivity contribution in [3.05, 3.63) is 32.8 Å². The molecule has 20 heavy (non-hydrogen) atoms. The Bertz CT molecular complexity index is 505. The number of benzene rings is 1. The van der Waals surface area contributed by atoms with Crippen LogP contribution in [0.3, 0.4) is 0 Å². The number of nitro groups is 1. The second-order valence-corrected chi connectivity index (χ2v) is 6.15. The molecule has 4 nitrogen and oxygen atoms in total. The monoisotopic (exact) mass is 296 g/mol. The number of nitrogens with one attached hydrogen (secondary N) is 1. The van der Waals surface area contributed by atoms with E-state index in [4.69, 9.17) is 11.6 Å². The van der Waals surface area contributed by atoms with E-state index >= 15 is 0 Å². The number of rotatable bonds is 3. The third-order valence-corrected chi connectivity index (χ3v) is 4.50. The lowest BCUT2D eigenvalue weighted by Gasteiger charge is -2.25. The van der Waals surface area contributed by atoms with Gasteiger partial charge in [0.05, 0.1) is 4.92 Å². The van der Waals surface area contributed by atoms with Crippen molar-refractivity contribution in [3.8, 4) is 0 Å². The summed E-state index contributed by atoms with van der Waals surface area (Å²) in [6, 6.07) is 3.66. The van der Waals surface area contributed by atoms with Crippen molar-refractivity contribution >= 4 is 23.0 Å². The van der Waals surface area contributed by atoms with Crippen LogP contribution in [0, 0.1) is 23.0 Å². The molecule has 0 amide bonds. The van der Waals surface area contributed by atoms with Crippen molar-refractivity contribution < 1.29 is 4.92 Å². The Labute approximate surface area is 124 Å². The molecule has 1 aromatic carbocycles. The van der Waals surface area contributed by atoms with Crippen molar-refractivity contribution in [2.24, 2.45) is 5.92 Å². The van der Waals surface area contributed by atoms with E-state index in [2.05, 4.69) is 12.2 Å². The maximum atomic E-state index is 10.9. The van der Waals surface area contributed by atoms with E-state index in [9.17, 15) is 10.1 Å². The van der Waals surface area contributed by atoms with E-state index in [1.165, 1.54) is 25.7 Å². The van der Waals surface area contributed by atoms with Crippen LogP contribution in [-0.4, -0.2) is 11.0 Å². The van der Waals surface area contributed by atoms with Gasteiger partial charge < -0.3 is 5.32 Å². The van der Waals surface area contributed by atoms with E-state index < -0.39 is 4.92 Å². The summed E-state index contributed by atoms with van der Waals surface area (Å²) in [4.78, 5) is 10.4. The number of anilines is 1. The summed E-state index contributed by atoms with van der Waals surface area (Å²) < 4.78 is 0. The van der Waals surface area contributed by atoms with Crippen molar-refractivity contribution in [2.75, 3.05) is 5.32 Å². The van der Waals surface area contributed by atoms with Crippen LogP contribution in [0.1, 0.15) is 44.6 Å². The van der Waals surface area contributed by atoms with Crippen LogP contribution >= 0.6 is 11.6 Å². The number of halogens is 1. The summed E-state index contributed by atoms with van der Waals surface area (Å²) in [7, 11) is 0. The highest BCUT2D eigenvalue weighted by Gasteiger charge is 2.22.